The van der Waals surface area contributed by atoms with Gasteiger partial charge < -0.3 is 34.4 Å². The number of aromatic nitrogens is 6. The number of thiazole rings is 1. The van der Waals surface area contributed by atoms with E-state index in [2.05, 4.69) is 113 Å². The highest BCUT2D eigenvalue weighted by Gasteiger charge is 2.38. The number of nitrogens with zero attached hydrogens (tertiary/aromatic N) is 6. The van der Waals surface area contributed by atoms with E-state index in [1.165, 1.54) is 7.11 Å². The fourth-order valence-electron chi connectivity index (χ4n) is 9.29. The second-order valence-electron chi connectivity index (χ2n) is 17.7. The fourth-order valence-corrected chi connectivity index (χ4v) is 10.1. The van der Waals surface area contributed by atoms with Crippen molar-refractivity contribution in [2.45, 2.75) is 84.8 Å². The molecule has 0 radical (unpaired) electrons. The van der Waals surface area contributed by atoms with Crippen LogP contribution in [0.25, 0.3) is 60.9 Å². The van der Waals surface area contributed by atoms with Gasteiger partial charge >= 0.3 is 6.09 Å². The quantitative estimate of drug-likeness (QED) is 0.110. The predicted octanol–water partition coefficient (Wildman–Crippen LogP) is 10.3. The van der Waals surface area contributed by atoms with E-state index in [1.54, 1.807) is 11.3 Å². The van der Waals surface area contributed by atoms with Gasteiger partial charge in [0, 0.05) is 25.2 Å². The van der Waals surface area contributed by atoms with Crippen LogP contribution in [-0.2, 0) is 14.3 Å². The number of rotatable bonds is 12. The molecule has 3 aromatic carbocycles. The number of amides is 3. The standard InChI is InChI=1S/C50H55N9O4S/c1-29(2)25-45(60)57-23-7-9-42(57)47-51-27-38(54-47)32-11-15-34(16-12-32)40-20-21-41(59(40)36-19-22-44-37(26-36)53-31(5)64-44)35-17-13-33(14-18-35)39-28-52-48(55-39)43-10-8-24-58(43)49(61)46(30(3)4)56-50(62)63-6/h11-22,26-30,42-43,46H,7-10,23-25H2,1-6H3,(H,51,54)(H,52,55)(H,56,62)/t42-,43-,46-/m0/s1. The number of imidazole rings is 2. The highest BCUT2D eigenvalue weighted by molar-refractivity contribution is 7.18. The molecule has 3 N–H and O–H groups in total. The van der Waals surface area contributed by atoms with E-state index in [0.29, 0.717) is 18.9 Å². The van der Waals surface area contributed by atoms with E-state index in [0.717, 1.165) is 110 Å². The van der Waals surface area contributed by atoms with Gasteiger partial charge in [0.25, 0.3) is 0 Å². The molecule has 2 aliphatic rings. The third-order valence-electron chi connectivity index (χ3n) is 12.5. The Bertz CT molecular complexity index is 2800. The summed E-state index contributed by atoms with van der Waals surface area (Å²) in [7, 11) is 1.30. The summed E-state index contributed by atoms with van der Waals surface area (Å²) in [5.41, 5.74) is 9.96. The third-order valence-corrected chi connectivity index (χ3v) is 13.5. The molecule has 2 saturated heterocycles. The van der Waals surface area contributed by atoms with Crippen molar-refractivity contribution in [3.8, 4) is 50.7 Å². The van der Waals surface area contributed by atoms with Crippen molar-refractivity contribution >= 4 is 39.5 Å². The first-order valence-electron chi connectivity index (χ1n) is 22.3. The van der Waals surface area contributed by atoms with Crippen molar-refractivity contribution in [2.24, 2.45) is 11.8 Å². The maximum Gasteiger partial charge on any atom is 0.407 e. The zero-order valence-corrected chi connectivity index (χ0v) is 38.0. The lowest BCUT2D eigenvalue weighted by Crippen LogP contribution is -2.51. The van der Waals surface area contributed by atoms with E-state index in [4.69, 9.17) is 19.7 Å². The van der Waals surface area contributed by atoms with Gasteiger partial charge in [-0.05, 0) is 97.0 Å². The molecule has 0 spiro atoms. The second kappa shape index (κ2) is 17.9. The molecule has 7 aromatic rings. The Morgan fingerprint density at radius 1 is 0.766 bits per heavy atom. The van der Waals surface area contributed by atoms with Crippen LogP contribution in [0.2, 0.25) is 0 Å². The minimum atomic E-state index is -0.695. The Labute approximate surface area is 377 Å². The molecule has 3 amide bonds. The first-order valence-corrected chi connectivity index (χ1v) is 23.1. The lowest BCUT2D eigenvalue weighted by Gasteiger charge is -2.30. The Hall–Kier alpha value is -6.54. The molecule has 0 unspecified atom stereocenters. The summed E-state index contributed by atoms with van der Waals surface area (Å²) < 4.78 is 8.25. The molecule has 13 nitrogen and oxygen atoms in total. The Morgan fingerprint density at radius 2 is 1.31 bits per heavy atom. The van der Waals surface area contributed by atoms with E-state index in [-0.39, 0.29) is 29.8 Å². The van der Waals surface area contributed by atoms with Crippen LogP contribution in [-0.4, -0.2) is 83.4 Å². The average molecular weight is 878 g/mol. The predicted molar refractivity (Wildman–Crippen MR) is 251 cm³/mol. The number of hydrogen-bond donors (Lipinski definition) is 3. The zero-order chi connectivity index (χ0) is 44.6. The van der Waals surface area contributed by atoms with Gasteiger partial charge in [-0.3, -0.25) is 9.59 Å². The molecule has 14 heteroatoms. The molecular weight excluding hydrogens is 823 g/mol. The molecule has 64 heavy (non-hydrogen) atoms. The van der Waals surface area contributed by atoms with Gasteiger partial charge in [0.1, 0.15) is 17.7 Å². The van der Waals surface area contributed by atoms with Crippen molar-refractivity contribution in [1.82, 2.24) is 44.6 Å². The van der Waals surface area contributed by atoms with Crippen LogP contribution >= 0.6 is 11.3 Å². The van der Waals surface area contributed by atoms with Crippen LogP contribution in [0, 0.1) is 18.8 Å². The van der Waals surface area contributed by atoms with Gasteiger partial charge in [-0.15, -0.1) is 11.3 Å². The van der Waals surface area contributed by atoms with Crippen LogP contribution < -0.4 is 5.32 Å². The Kier molecular flexibility index (Phi) is 12.0. The molecule has 2 fully saturated rings. The molecule has 3 atom stereocenters. The fraction of sp³-hybridized carbons (Fsp3) is 0.360. The molecule has 330 valence electrons. The van der Waals surface area contributed by atoms with E-state index in [9.17, 15) is 14.4 Å². The van der Waals surface area contributed by atoms with E-state index in [1.807, 2.05) is 43.0 Å². The monoisotopic (exact) mass is 877 g/mol. The van der Waals surface area contributed by atoms with Crippen LogP contribution in [0.4, 0.5) is 4.79 Å². The number of aromatic amines is 2. The highest BCUT2D eigenvalue weighted by Crippen LogP contribution is 2.38. The number of carbonyl (C=O) groups is 3. The maximum atomic E-state index is 13.7. The molecular formula is C50H55N9O4S. The number of hydrogen-bond acceptors (Lipinski definition) is 8. The number of nitrogens with one attached hydrogen (secondary N) is 3. The molecule has 6 heterocycles. The molecule has 4 aromatic heterocycles. The van der Waals surface area contributed by atoms with Crippen molar-refractivity contribution in [1.29, 1.82) is 0 Å². The number of H-pyrrole nitrogens is 2. The lowest BCUT2D eigenvalue weighted by atomic mass is 10.0. The summed E-state index contributed by atoms with van der Waals surface area (Å²) >= 11 is 1.69. The average Bonchev–Trinajstić information content (AvgIpc) is 4.15. The summed E-state index contributed by atoms with van der Waals surface area (Å²) in [5, 5.41) is 3.75. The van der Waals surface area contributed by atoms with Gasteiger partial charge in [0.2, 0.25) is 11.8 Å². The van der Waals surface area contributed by atoms with Crippen molar-refractivity contribution in [2.75, 3.05) is 20.2 Å². The molecule has 2 aliphatic heterocycles. The van der Waals surface area contributed by atoms with Crippen molar-refractivity contribution < 1.29 is 19.1 Å². The number of ether oxygens (including phenoxy) is 1. The van der Waals surface area contributed by atoms with Crippen LogP contribution in [0.15, 0.2) is 91.3 Å². The van der Waals surface area contributed by atoms with Gasteiger partial charge in [0.15, 0.2) is 0 Å². The summed E-state index contributed by atoms with van der Waals surface area (Å²) in [6.45, 7) is 11.4. The number of alkyl carbamates (subject to hydrolysis) is 1. The minimum Gasteiger partial charge on any atom is -0.453 e. The van der Waals surface area contributed by atoms with Crippen LogP contribution in [0.3, 0.4) is 0 Å². The summed E-state index contributed by atoms with van der Waals surface area (Å²) in [6.07, 6.45) is 7.16. The number of carbonyl (C=O) groups excluding carboxylic acids is 3. The molecule has 0 bridgehead atoms. The summed E-state index contributed by atoms with van der Waals surface area (Å²) in [6, 6.07) is 26.9. The molecule has 0 aliphatic carbocycles. The molecule has 0 saturated carbocycles. The largest absolute Gasteiger partial charge is 0.453 e. The second-order valence-corrected chi connectivity index (χ2v) is 19.0. The van der Waals surface area contributed by atoms with Gasteiger partial charge in [-0.25, -0.2) is 19.7 Å². The summed E-state index contributed by atoms with van der Waals surface area (Å²) in [4.78, 5) is 64.1. The van der Waals surface area contributed by atoms with E-state index < -0.39 is 12.1 Å². The normalized spacial score (nSPS) is 16.9. The summed E-state index contributed by atoms with van der Waals surface area (Å²) in [5.74, 6) is 1.84. The maximum absolute atomic E-state index is 13.7. The number of likely N-dealkylation sites (tertiary alicyclic amines) is 2. The zero-order valence-electron chi connectivity index (χ0n) is 37.2. The van der Waals surface area contributed by atoms with Crippen molar-refractivity contribution in [3.63, 3.8) is 0 Å². The highest BCUT2D eigenvalue weighted by atomic mass is 32.1. The number of aryl methyl sites for hydroxylation is 1. The Balaban J connectivity index is 0.983. The first kappa shape index (κ1) is 42.7. The van der Waals surface area contributed by atoms with Crippen LogP contribution in [0.1, 0.15) is 88.5 Å². The number of methoxy groups -OCH3 is 1. The van der Waals surface area contributed by atoms with Gasteiger partial charge in [-0.2, -0.15) is 0 Å². The van der Waals surface area contributed by atoms with Gasteiger partial charge in [0.05, 0.1) is 69.6 Å². The third kappa shape index (κ3) is 8.46. The van der Waals surface area contributed by atoms with Gasteiger partial charge in [-0.1, -0.05) is 76.2 Å². The smallest absolute Gasteiger partial charge is 0.407 e. The number of benzene rings is 3. The minimum absolute atomic E-state index is 0.0205. The topological polar surface area (TPSA) is 154 Å². The van der Waals surface area contributed by atoms with Crippen LogP contribution in [0.5, 0.6) is 0 Å². The van der Waals surface area contributed by atoms with E-state index >= 15 is 0 Å². The SMILES string of the molecule is COC(=O)N[C@H](C(=O)N1CCC[C@H]1c1ncc(-c2ccc(-c3ccc(-c4ccc(-c5cnc([C@@H]6CCCN6C(=O)CC(C)C)[nH]5)cc4)n3-c3ccc4sc(C)nc4c3)cc2)[nH]1)C(C)C. The number of fused-ring (bicyclic) bond motifs is 1. The molecule has 9 rings (SSSR count). The Morgan fingerprint density at radius 3 is 1.86 bits per heavy atom. The lowest BCUT2D eigenvalue weighted by molar-refractivity contribution is -0.135. The van der Waals surface area contributed by atoms with Crippen molar-refractivity contribution in [3.05, 3.63) is 108 Å². The first-order chi connectivity index (χ1) is 30.9.